The zero-order chi connectivity index (χ0) is 14.6. The number of hydrogen-bond donors (Lipinski definition) is 2. The summed E-state index contributed by atoms with van der Waals surface area (Å²) in [5.74, 6) is -0.634. The van der Waals surface area contributed by atoms with Gasteiger partial charge < -0.3 is 9.84 Å². The number of nitrogens with zero attached hydrogens (tertiary/aromatic N) is 3. The Bertz CT molecular complexity index is 956. The number of benzene rings is 1. The summed E-state index contributed by atoms with van der Waals surface area (Å²) >= 11 is 0. The largest absolute Gasteiger partial charge is 0.493 e. The molecule has 104 valence electrons. The molecule has 0 spiro atoms. The zero-order valence-electron chi connectivity index (χ0n) is 10.5. The molecular formula is C13H8N4O4. The molecule has 1 aliphatic heterocycles. The first-order valence-electron chi connectivity index (χ1n) is 6.11. The second kappa shape index (κ2) is 3.92. The third-order valence-electron chi connectivity index (χ3n) is 3.44. The van der Waals surface area contributed by atoms with E-state index in [2.05, 4.69) is 15.1 Å². The van der Waals surface area contributed by atoms with Crippen LogP contribution in [0.25, 0.3) is 16.9 Å². The zero-order valence-corrected chi connectivity index (χ0v) is 10.5. The van der Waals surface area contributed by atoms with Gasteiger partial charge in [-0.3, -0.25) is 9.78 Å². The van der Waals surface area contributed by atoms with Crippen molar-refractivity contribution in [3.63, 3.8) is 0 Å². The Balaban J connectivity index is 2.09. The molecule has 0 unspecified atom stereocenters. The van der Waals surface area contributed by atoms with E-state index in [-0.39, 0.29) is 23.8 Å². The quantitative estimate of drug-likeness (QED) is 0.628. The topological polar surface area (TPSA) is 110 Å². The number of hydrogen-bond acceptors (Lipinski definition) is 6. The summed E-state index contributed by atoms with van der Waals surface area (Å²) in [4.78, 5) is 30.1. The van der Waals surface area contributed by atoms with Gasteiger partial charge >= 0.3 is 5.97 Å². The van der Waals surface area contributed by atoms with Gasteiger partial charge in [0.25, 0.3) is 5.56 Å². The fourth-order valence-corrected chi connectivity index (χ4v) is 2.48. The van der Waals surface area contributed by atoms with E-state index in [1.165, 1.54) is 6.33 Å². The maximum atomic E-state index is 12.2. The minimum atomic E-state index is -0.513. The lowest BCUT2D eigenvalue weighted by molar-refractivity contribution is 0.0535. The van der Waals surface area contributed by atoms with Crippen LogP contribution in [0.15, 0.2) is 29.3 Å². The first-order chi connectivity index (χ1) is 10.2. The molecule has 4 rings (SSSR count). The predicted octanol–water partition coefficient (Wildman–Crippen LogP) is 0.461. The molecule has 2 aromatic heterocycles. The van der Waals surface area contributed by atoms with Crippen LogP contribution in [0, 0.1) is 0 Å². The van der Waals surface area contributed by atoms with Crippen LogP contribution in [0.2, 0.25) is 0 Å². The number of aromatic hydroxyl groups is 1. The van der Waals surface area contributed by atoms with Gasteiger partial charge in [-0.1, -0.05) is 12.1 Å². The summed E-state index contributed by atoms with van der Waals surface area (Å²) in [7, 11) is 0. The lowest BCUT2D eigenvalue weighted by Gasteiger charge is -2.08. The monoisotopic (exact) mass is 284 g/mol. The van der Waals surface area contributed by atoms with Crippen molar-refractivity contribution in [2.24, 2.45) is 0 Å². The minimum absolute atomic E-state index is 0.0307. The van der Waals surface area contributed by atoms with Gasteiger partial charge in [-0.25, -0.2) is 4.79 Å². The summed E-state index contributed by atoms with van der Waals surface area (Å²) in [5.41, 5.74) is 0.922. The van der Waals surface area contributed by atoms with E-state index in [4.69, 9.17) is 4.74 Å². The molecule has 0 fully saturated rings. The van der Waals surface area contributed by atoms with Crippen LogP contribution in [0.3, 0.4) is 0 Å². The smallest absolute Gasteiger partial charge is 0.338 e. The van der Waals surface area contributed by atoms with Crippen LogP contribution in [-0.4, -0.2) is 30.7 Å². The van der Waals surface area contributed by atoms with Crippen molar-refractivity contribution in [2.75, 3.05) is 0 Å². The molecule has 3 heterocycles. The SMILES string of the molecule is O=C1OCc2c1cccc2-c1c(O)n2ncnc2[nH]c1=O. The van der Waals surface area contributed by atoms with E-state index >= 15 is 0 Å². The summed E-state index contributed by atoms with van der Waals surface area (Å²) in [6.07, 6.45) is 1.22. The van der Waals surface area contributed by atoms with Gasteiger partial charge in [0.1, 0.15) is 18.5 Å². The van der Waals surface area contributed by atoms with Crippen LogP contribution in [0.5, 0.6) is 5.88 Å². The van der Waals surface area contributed by atoms with Crippen molar-refractivity contribution in [2.45, 2.75) is 6.61 Å². The lowest BCUT2D eigenvalue weighted by Crippen LogP contribution is -2.13. The minimum Gasteiger partial charge on any atom is -0.493 e. The number of carbonyl (C=O) groups is 1. The highest BCUT2D eigenvalue weighted by Crippen LogP contribution is 2.33. The van der Waals surface area contributed by atoms with E-state index in [0.717, 1.165) is 4.52 Å². The molecule has 8 heteroatoms. The van der Waals surface area contributed by atoms with Gasteiger partial charge in [0, 0.05) is 11.1 Å². The van der Waals surface area contributed by atoms with Crippen molar-refractivity contribution >= 4 is 11.7 Å². The lowest BCUT2D eigenvalue weighted by atomic mass is 9.98. The predicted molar refractivity (Wildman–Crippen MR) is 69.8 cm³/mol. The summed E-state index contributed by atoms with van der Waals surface area (Å²) in [6, 6.07) is 4.90. The highest BCUT2D eigenvalue weighted by Gasteiger charge is 2.27. The molecule has 0 atom stereocenters. The number of fused-ring (bicyclic) bond motifs is 2. The van der Waals surface area contributed by atoms with Gasteiger partial charge in [0.15, 0.2) is 0 Å². The molecule has 2 N–H and O–H groups in total. The van der Waals surface area contributed by atoms with Crippen molar-refractivity contribution in [3.8, 4) is 17.0 Å². The van der Waals surface area contributed by atoms with Crippen LogP contribution >= 0.6 is 0 Å². The van der Waals surface area contributed by atoms with E-state index < -0.39 is 11.5 Å². The Morgan fingerprint density at radius 2 is 2.10 bits per heavy atom. The van der Waals surface area contributed by atoms with Gasteiger partial charge in [0.05, 0.1) is 5.56 Å². The number of aromatic amines is 1. The van der Waals surface area contributed by atoms with Crippen LogP contribution in [0.4, 0.5) is 0 Å². The number of H-pyrrole nitrogens is 1. The van der Waals surface area contributed by atoms with E-state index in [1.54, 1.807) is 18.2 Å². The molecule has 0 bridgehead atoms. The number of nitrogens with one attached hydrogen (secondary N) is 1. The summed E-state index contributed by atoms with van der Waals surface area (Å²) in [6.45, 7) is 0.0681. The molecular weight excluding hydrogens is 276 g/mol. The number of rotatable bonds is 1. The van der Waals surface area contributed by atoms with E-state index in [9.17, 15) is 14.7 Å². The fourth-order valence-electron chi connectivity index (χ4n) is 2.48. The van der Waals surface area contributed by atoms with Gasteiger partial charge in [-0.2, -0.15) is 14.6 Å². The van der Waals surface area contributed by atoms with Crippen LogP contribution in [-0.2, 0) is 11.3 Å². The highest BCUT2D eigenvalue weighted by atomic mass is 16.5. The molecule has 0 aliphatic carbocycles. The van der Waals surface area contributed by atoms with Crippen LogP contribution in [0.1, 0.15) is 15.9 Å². The van der Waals surface area contributed by atoms with E-state index in [0.29, 0.717) is 16.7 Å². The number of aromatic nitrogens is 4. The molecule has 1 aromatic carbocycles. The normalized spacial score (nSPS) is 13.4. The third kappa shape index (κ3) is 1.49. The highest BCUT2D eigenvalue weighted by molar-refractivity contribution is 5.96. The van der Waals surface area contributed by atoms with Crippen molar-refractivity contribution in [1.82, 2.24) is 19.6 Å². The molecule has 8 nitrogen and oxygen atoms in total. The maximum absolute atomic E-state index is 12.2. The van der Waals surface area contributed by atoms with Gasteiger partial charge in [0.2, 0.25) is 11.7 Å². The standard InChI is InChI=1S/C13H8N4O4/c18-10-9(11(19)17-13(16-10)14-5-15-17)6-2-1-3-7-8(6)4-21-12(7)20/h1-3,5,19H,4H2,(H,14,15,16,18). The van der Waals surface area contributed by atoms with Gasteiger partial charge in [-0.15, -0.1) is 0 Å². The molecule has 3 aromatic rings. The summed E-state index contributed by atoms with van der Waals surface area (Å²) in [5, 5.41) is 14.1. The molecule has 21 heavy (non-hydrogen) atoms. The number of carbonyl (C=O) groups excluding carboxylic acids is 1. The van der Waals surface area contributed by atoms with Crippen molar-refractivity contribution < 1.29 is 14.6 Å². The molecule has 0 radical (unpaired) electrons. The summed E-state index contributed by atoms with van der Waals surface area (Å²) < 4.78 is 6.09. The van der Waals surface area contributed by atoms with Crippen molar-refractivity contribution in [1.29, 1.82) is 0 Å². The Morgan fingerprint density at radius 3 is 2.95 bits per heavy atom. The number of ether oxygens (including phenoxy) is 1. The first-order valence-corrected chi connectivity index (χ1v) is 6.11. The second-order valence-electron chi connectivity index (χ2n) is 4.56. The molecule has 0 amide bonds. The Kier molecular flexibility index (Phi) is 2.17. The second-order valence-corrected chi connectivity index (χ2v) is 4.56. The number of esters is 1. The van der Waals surface area contributed by atoms with Crippen molar-refractivity contribution in [3.05, 3.63) is 46.0 Å². The molecule has 0 saturated carbocycles. The Morgan fingerprint density at radius 1 is 1.29 bits per heavy atom. The average molecular weight is 284 g/mol. The third-order valence-corrected chi connectivity index (χ3v) is 3.44. The molecule has 1 aliphatic rings. The Hall–Kier alpha value is -3.16. The average Bonchev–Trinajstić information content (AvgIpc) is 3.07. The fraction of sp³-hybridized carbons (Fsp3) is 0.0769. The molecule has 0 saturated heterocycles. The number of cyclic esters (lactones) is 1. The Labute approximate surface area is 116 Å². The van der Waals surface area contributed by atoms with Gasteiger partial charge in [-0.05, 0) is 6.07 Å². The first kappa shape index (κ1) is 11.6. The van der Waals surface area contributed by atoms with E-state index in [1.807, 2.05) is 0 Å². The maximum Gasteiger partial charge on any atom is 0.338 e. The van der Waals surface area contributed by atoms with Crippen LogP contribution < -0.4 is 5.56 Å².